The van der Waals surface area contributed by atoms with Crippen molar-refractivity contribution in [2.24, 2.45) is 0 Å². The number of aromatic nitrogens is 3. The summed E-state index contributed by atoms with van der Waals surface area (Å²) in [7, 11) is 0. The van der Waals surface area contributed by atoms with Crippen LogP contribution in [0.25, 0.3) is 11.0 Å². The number of nitrogens with zero attached hydrogens (tertiary/aromatic N) is 3. The molecule has 2 heterocycles. The number of rotatable bonds is 7. The van der Waals surface area contributed by atoms with Gasteiger partial charge in [-0.3, -0.25) is 13.9 Å². The quantitative estimate of drug-likeness (QED) is 0.379. The second-order valence-electron chi connectivity index (χ2n) is 6.98. The zero-order valence-electron chi connectivity index (χ0n) is 16.4. The van der Waals surface area contributed by atoms with Crippen molar-refractivity contribution in [3.63, 3.8) is 0 Å². The molecule has 0 unspecified atom stereocenters. The van der Waals surface area contributed by atoms with E-state index in [1.54, 1.807) is 30.5 Å². The van der Waals surface area contributed by atoms with Crippen molar-refractivity contribution in [1.82, 2.24) is 14.1 Å². The Morgan fingerprint density at radius 2 is 1.70 bits per heavy atom. The summed E-state index contributed by atoms with van der Waals surface area (Å²) >= 11 is 0. The fraction of sp³-hybridized carbons (Fsp3) is 0.174. The minimum Gasteiger partial charge on any atom is -0.399 e. The molecule has 0 fully saturated rings. The lowest BCUT2D eigenvalue weighted by atomic mass is 10.2. The second kappa shape index (κ2) is 8.75. The summed E-state index contributed by atoms with van der Waals surface area (Å²) in [6, 6.07) is 20.4. The predicted molar refractivity (Wildman–Crippen MR) is 116 cm³/mol. The van der Waals surface area contributed by atoms with Gasteiger partial charge in [0.25, 0.3) is 5.56 Å². The summed E-state index contributed by atoms with van der Waals surface area (Å²) in [4.78, 5) is 30.3. The van der Waals surface area contributed by atoms with Gasteiger partial charge >= 0.3 is 5.69 Å². The summed E-state index contributed by atoms with van der Waals surface area (Å²) in [5.74, 6) is 0. The van der Waals surface area contributed by atoms with Gasteiger partial charge in [0, 0.05) is 11.9 Å². The third kappa shape index (κ3) is 4.16. The summed E-state index contributed by atoms with van der Waals surface area (Å²) in [5.41, 5.74) is 7.95. The maximum absolute atomic E-state index is 13.2. The Morgan fingerprint density at radius 1 is 0.900 bits per heavy atom. The van der Waals surface area contributed by atoms with E-state index < -0.39 is 5.69 Å². The predicted octanol–water partition coefficient (Wildman–Crippen LogP) is 2.41. The van der Waals surface area contributed by atoms with Crippen LogP contribution in [0.4, 0.5) is 5.69 Å². The first kappa shape index (κ1) is 19.6. The Balaban J connectivity index is 1.64. The Morgan fingerprint density at radius 3 is 2.50 bits per heavy atom. The summed E-state index contributed by atoms with van der Waals surface area (Å²) < 4.78 is 8.39. The lowest BCUT2D eigenvalue weighted by Crippen LogP contribution is -2.41. The van der Waals surface area contributed by atoms with Crippen molar-refractivity contribution in [2.45, 2.75) is 19.7 Å². The van der Waals surface area contributed by atoms with E-state index in [2.05, 4.69) is 4.98 Å². The van der Waals surface area contributed by atoms with E-state index in [0.29, 0.717) is 23.3 Å². The molecule has 4 aromatic rings. The third-order valence-corrected chi connectivity index (χ3v) is 4.84. The number of pyridine rings is 1. The van der Waals surface area contributed by atoms with Gasteiger partial charge in [-0.15, -0.1) is 0 Å². The van der Waals surface area contributed by atoms with Crippen LogP contribution in [0, 0.1) is 0 Å². The molecule has 0 aliphatic rings. The molecule has 0 aliphatic carbocycles. The first-order chi connectivity index (χ1) is 14.6. The van der Waals surface area contributed by atoms with Crippen molar-refractivity contribution in [3.8, 4) is 0 Å². The molecule has 0 saturated carbocycles. The van der Waals surface area contributed by atoms with Crippen molar-refractivity contribution >= 4 is 16.7 Å². The van der Waals surface area contributed by atoms with Gasteiger partial charge in [0.2, 0.25) is 0 Å². The Hall–Kier alpha value is -3.71. The van der Waals surface area contributed by atoms with E-state index in [9.17, 15) is 9.59 Å². The van der Waals surface area contributed by atoms with Crippen molar-refractivity contribution < 1.29 is 4.74 Å². The molecule has 7 nitrogen and oxygen atoms in total. The van der Waals surface area contributed by atoms with Crippen LogP contribution in [0.5, 0.6) is 0 Å². The van der Waals surface area contributed by atoms with Gasteiger partial charge in [-0.05, 0) is 35.4 Å². The number of anilines is 1. The summed E-state index contributed by atoms with van der Waals surface area (Å²) in [6.07, 6.45) is 1.57. The zero-order chi connectivity index (χ0) is 20.9. The van der Waals surface area contributed by atoms with Gasteiger partial charge < -0.3 is 10.5 Å². The fourth-order valence-corrected chi connectivity index (χ4v) is 3.38. The van der Waals surface area contributed by atoms with Crippen molar-refractivity contribution in [1.29, 1.82) is 0 Å². The summed E-state index contributed by atoms with van der Waals surface area (Å²) in [6.45, 7) is 1.09. The van der Waals surface area contributed by atoms with Crippen LogP contribution in [-0.2, 0) is 24.4 Å². The molecule has 152 valence electrons. The van der Waals surface area contributed by atoms with Crippen LogP contribution in [0.1, 0.15) is 11.1 Å². The topological polar surface area (TPSA) is 92.1 Å². The van der Waals surface area contributed by atoms with Crippen LogP contribution >= 0.6 is 0 Å². The van der Waals surface area contributed by atoms with Crippen LogP contribution in [0.3, 0.4) is 0 Å². The minimum atomic E-state index is -0.420. The fourth-order valence-electron chi connectivity index (χ4n) is 3.38. The highest BCUT2D eigenvalue weighted by molar-refractivity contribution is 5.73. The van der Waals surface area contributed by atoms with Gasteiger partial charge in [0.05, 0.1) is 31.7 Å². The number of nitrogen functional groups attached to an aromatic ring is 1. The number of hydrogen-bond donors (Lipinski definition) is 1. The van der Waals surface area contributed by atoms with E-state index in [1.165, 1.54) is 9.13 Å². The number of fused-ring (bicyclic) bond motifs is 1. The molecule has 0 aliphatic heterocycles. The average Bonchev–Trinajstić information content (AvgIpc) is 2.77. The highest BCUT2D eigenvalue weighted by atomic mass is 16.5. The number of benzene rings is 2. The summed E-state index contributed by atoms with van der Waals surface area (Å²) in [5, 5.41) is 0.393. The SMILES string of the molecule is Nc1cccc(Cn2c(=O)n(CCOCc3ccccc3)c(=O)c3cccnc32)c1. The Bertz CT molecular complexity index is 1280. The maximum Gasteiger partial charge on any atom is 0.333 e. The Labute approximate surface area is 173 Å². The van der Waals surface area contributed by atoms with Gasteiger partial charge in [-0.1, -0.05) is 42.5 Å². The van der Waals surface area contributed by atoms with E-state index in [0.717, 1.165) is 11.1 Å². The molecular formula is C23H22N4O3. The molecular weight excluding hydrogens is 380 g/mol. The van der Waals surface area contributed by atoms with E-state index >= 15 is 0 Å². The molecule has 0 bridgehead atoms. The van der Waals surface area contributed by atoms with Crippen LogP contribution in [0.15, 0.2) is 82.5 Å². The molecule has 2 N–H and O–H groups in total. The number of ether oxygens (including phenoxy) is 1. The van der Waals surface area contributed by atoms with E-state index in [-0.39, 0.29) is 25.3 Å². The standard InChI is InChI=1S/C23H22N4O3/c24-19-9-4-8-18(14-19)15-27-21-20(10-5-11-25-21)22(28)26(23(27)29)12-13-30-16-17-6-2-1-3-7-17/h1-11,14H,12-13,15-16,24H2. The van der Waals surface area contributed by atoms with Crippen LogP contribution in [-0.4, -0.2) is 20.7 Å². The minimum absolute atomic E-state index is 0.159. The van der Waals surface area contributed by atoms with E-state index in [4.69, 9.17) is 10.5 Å². The molecule has 0 amide bonds. The molecule has 2 aromatic heterocycles. The third-order valence-electron chi connectivity index (χ3n) is 4.84. The molecule has 4 rings (SSSR count). The van der Waals surface area contributed by atoms with Crippen molar-refractivity contribution in [2.75, 3.05) is 12.3 Å². The molecule has 0 spiro atoms. The first-order valence-electron chi connectivity index (χ1n) is 9.68. The zero-order valence-corrected chi connectivity index (χ0v) is 16.4. The van der Waals surface area contributed by atoms with Gasteiger partial charge in [0.1, 0.15) is 5.65 Å². The largest absolute Gasteiger partial charge is 0.399 e. The molecule has 30 heavy (non-hydrogen) atoms. The van der Waals surface area contributed by atoms with Gasteiger partial charge in [-0.2, -0.15) is 0 Å². The number of nitrogens with two attached hydrogens (primary N) is 1. The maximum atomic E-state index is 13.2. The lowest BCUT2D eigenvalue weighted by molar-refractivity contribution is 0.111. The second-order valence-corrected chi connectivity index (χ2v) is 6.98. The molecule has 0 saturated heterocycles. The van der Waals surface area contributed by atoms with E-state index in [1.807, 2.05) is 42.5 Å². The average molecular weight is 402 g/mol. The number of hydrogen-bond acceptors (Lipinski definition) is 5. The molecule has 2 aromatic carbocycles. The van der Waals surface area contributed by atoms with Crippen LogP contribution < -0.4 is 17.0 Å². The molecule has 0 radical (unpaired) electrons. The van der Waals surface area contributed by atoms with Crippen molar-refractivity contribution in [3.05, 3.63) is 105 Å². The highest BCUT2D eigenvalue weighted by Crippen LogP contribution is 2.11. The monoisotopic (exact) mass is 402 g/mol. The van der Waals surface area contributed by atoms with Gasteiger partial charge in [0.15, 0.2) is 0 Å². The Kier molecular flexibility index (Phi) is 5.72. The van der Waals surface area contributed by atoms with Crippen LogP contribution in [0.2, 0.25) is 0 Å². The smallest absolute Gasteiger partial charge is 0.333 e. The lowest BCUT2D eigenvalue weighted by Gasteiger charge is -2.14. The van der Waals surface area contributed by atoms with Gasteiger partial charge in [-0.25, -0.2) is 9.78 Å². The first-order valence-corrected chi connectivity index (χ1v) is 9.68. The molecule has 0 atom stereocenters. The normalized spacial score (nSPS) is 11.1. The highest BCUT2D eigenvalue weighted by Gasteiger charge is 2.14. The molecule has 7 heteroatoms.